The SMILES string of the molecule is CCC12CC(C(=O)O)CCC1O2. The van der Waals surface area contributed by atoms with Gasteiger partial charge in [-0.2, -0.15) is 0 Å². The second-order valence-corrected chi connectivity index (χ2v) is 3.84. The zero-order valence-electron chi connectivity index (χ0n) is 7.25. The van der Waals surface area contributed by atoms with Crippen molar-refractivity contribution in [3.05, 3.63) is 0 Å². The van der Waals surface area contributed by atoms with E-state index in [1.807, 2.05) is 0 Å². The van der Waals surface area contributed by atoms with E-state index in [1.54, 1.807) is 0 Å². The number of fused-ring (bicyclic) bond motifs is 1. The van der Waals surface area contributed by atoms with Gasteiger partial charge in [0.25, 0.3) is 0 Å². The van der Waals surface area contributed by atoms with Gasteiger partial charge < -0.3 is 9.84 Å². The molecule has 0 aromatic carbocycles. The lowest BCUT2D eigenvalue weighted by molar-refractivity contribution is -0.143. The zero-order chi connectivity index (χ0) is 8.77. The van der Waals surface area contributed by atoms with Crippen LogP contribution >= 0.6 is 0 Å². The van der Waals surface area contributed by atoms with Crippen molar-refractivity contribution in [1.82, 2.24) is 0 Å². The number of aliphatic carboxylic acids is 1. The Bertz CT molecular complexity index is 214. The lowest BCUT2D eigenvalue weighted by Gasteiger charge is -2.21. The maximum absolute atomic E-state index is 10.7. The molecular formula is C9H14O3. The lowest BCUT2D eigenvalue weighted by atomic mass is 9.80. The van der Waals surface area contributed by atoms with Crippen molar-refractivity contribution in [3.8, 4) is 0 Å². The number of carboxylic acid groups (broad SMARTS) is 1. The molecule has 3 heteroatoms. The molecule has 0 aromatic rings. The fourth-order valence-electron chi connectivity index (χ4n) is 2.29. The summed E-state index contributed by atoms with van der Waals surface area (Å²) in [7, 11) is 0. The van der Waals surface area contributed by atoms with Crippen LogP contribution in [0.15, 0.2) is 0 Å². The Morgan fingerprint density at radius 2 is 2.42 bits per heavy atom. The van der Waals surface area contributed by atoms with E-state index in [2.05, 4.69) is 6.92 Å². The molecule has 1 aliphatic carbocycles. The van der Waals surface area contributed by atoms with Gasteiger partial charge >= 0.3 is 5.97 Å². The largest absolute Gasteiger partial charge is 0.481 e. The molecule has 0 aromatic heterocycles. The first-order chi connectivity index (χ1) is 5.68. The molecule has 1 N–H and O–H groups in total. The van der Waals surface area contributed by atoms with Crippen molar-refractivity contribution in [3.63, 3.8) is 0 Å². The molecular weight excluding hydrogens is 156 g/mol. The number of carbonyl (C=O) groups is 1. The fraction of sp³-hybridized carbons (Fsp3) is 0.889. The Morgan fingerprint density at radius 1 is 1.67 bits per heavy atom. The van der Waals surface area contributed by atoms with Crippen molar-refractivity contribution in [1.29, 1.82) is 0 Å². The molecule has 1 saturated heterocycles. The topological polar surface area (TPSA) is 49.8 Å². The van der Waals surface area contributed by atoms with Crippen molar-refractivity contribution >= 4 is 5.97 Å². The second-order valence-electron chi connectivity index (χ2n) is 3.84. The van der Waals surface area contributed by atoms with E-state index in [0.29, 0.717) is 6.10 Å². The Hall–Kier alpha value is -0.570. The summed E-state index contributed by atoms with van der Waals surface area (Å²) in [5.41, 5.74) is -0.0404. The van der Waals surface area contributed by atoms with Gasteiger partial charge in [0.15, 0.2) is 0 Å². The summed E-state index contributed by atoms with van der Waals surface area (Å²) in [5, 5.41) is 8.83. The Balaban J connectivity index is 2.02. The van der Waals surface area contributed by atoms with Crippen molar-refractivity contribution in [2.75, 3.05) is 0 Å². The Morgan fingerprint density at radius 3 is 3.00 bits per heavy atom. The number of ether oxygens (including phenoxy) is 1. The maximum atomic E-state index is 10.7. The van der Waals surface area contributed by atoms with Crippen LogP contribution in [0, 0.1) is 5.92 Å². The summed E-state index contributed by atoms with van der Waals surface area (Å²) in [4.78, 5) is 10.7. The van der Waals surface area contributed by atoms with Crippen LogP contribution in [0.5, 0.6) is 0 Å². The summed E-state index contributed by atoms with van der Waals surface area (Å²) in [6, 6.07) is 0. The van der Waals surface area contributed by atoms with Crippen LogP contribution in [0.2, 0.25) is 0 Å². The third kappa shape index (κ3) is 1.04. The first-order valence-corrected chi connectivity index (χ1v) is 4.58. The van der Waals surface area contributed by atoms with Crippen molar-refractivity contribution in [2.24, 2.45) is 5.92 Å². The van der Waals surface area contributed by atoms with E-state index in [-0.39, 0.29) is 11.5 Å². The summed E-state index contributed by atoms with van der Waals surface area (Å²) in [5.74, 6) is -0.819. The van der Waals surface area contributed by atoms with Gasteiger partial charge in [0, 0.05) is 0 Å². The van der Waals surface area contributed by atoms with Crippen LogP contribution in [0.1, 0.15) is 32.6 Å². The monoisotopic (exact) mass is 170 g/mol. The molecule has 12 heavy (non-hydrogen) atoms. The lowest BCUT2D eigenvalue weighted by Crippen LogP contribution is -2.29. The van der Waals surface area contributed by atoms with Gasteiger partial charge in [-0.1, -0.05) is 6.92 Å². The predicted octanol–water partition coefficient (Wildman–Crippen LogP) is 1.42. The molecule has 1 saturated carbocycles. The summed E-state index contributed by atoms with van der Waals surface area (Å²) in [6.45, 7) is 2.07. The van der Waals surface area contributed by atoms with Gasteiger partial charge in [0.05, 0.1) is 17.6 Å². The minimum atomic E-state index is -0.656. The summed E-state index contributed by atoms with van der Waals surface area (Å²) >= 11 is 0. The van der Waals surface area contributed by atoms with Crippen LogP contribution in [0.3, 0.4) is 0 Å². The molecule has 0 bridgehead atoms. The number of hydrogen-bond acceptors (Lipinski definition) is 2. The normalized spacial score (nSPS) is 45.1. The molecule has 1 aliphatic heterocycles. The Kier molecular flexibility index (Phi) is 1.65. The fourth-order valence-corrected chi connectivity index (χ4v) is 2.29. The first kappa shape index (κ1) is 8.05. The molecule has 0 radical (unpaired) electrons. The minimum absolute atomic E-state index is 0.0404. The summed E-state index contributed by atoms with van der Waals surface area (Å²) in [6.07, 6.45) is 3.79. The highest BCUT2D eigenvalue weighted by Crippen LogP contribution is 2.51. The van der Waals surface area contributed by atoms with E-state index in [9.17, 15) is 4.79 Å². The maximum Gasteiger partial charge on any atom is 0.306 e. The van der Waals surface area contributed by atoms with E-state index >= 15 is 0 Å². The van der Waals surface area contributed by atoms with Crippen LogP contribution in [0.25, 0.3) is 0 Å². The molecule has 2 rings (SSSR count). The van der Waals surface area contributed by atoms with Gasteiger partial charge in [0.1, 0.15) is 0 Å². The number of epoxide rings is 1. The van der Waals surface area contributed by atoms with Crippen molar-refractivity contribution < 1.29 is 14.6 Å². The third-order valence-corrected chi connectivity index (χ3v) is 3.22. The van der Waals surface area contributed by atoms with Gasteiger partial charge in [-0.05, 0) is 25.7 Å². The smallest absolute Gasteiger partial charge is 0.306 e. The number of hydrogen-bond donors (Lipinski definition) is 1. The molecule has 2 fully saturated rings. The molecule has 3 nitrogen and oxygen atoms in total. The number of carboxylic acids is 1. The predicted molar refractivity (Wildman–Crippen MR) is 42.9 cm³/mol. The molecule has 68 valence electrons. The number of rotatable bonds is 2. The van der Waals surface area contributed by atoms with E-state index in [1.165, 1.54) is 0 Å². The average molecular weight is 170 g/mol. The molecule has 1 heterocycles. The minimum Gasteiger partial charge on any atom is -0.481 e. The first-order valence-electron chi connectivity index (χ1n) is 4.58. The third-order valence-electron chi connectivity index (χ3n) is 3.22. The van der Waals surface area contributed by atoms with Gasteiger partial charge in [0.2, 0.25) is 0 Å². The highest BCUT2D eigenvalue weighted by Gasteiger charge is 2.58. The van der Waals surface area contributed by atoms with E-state index in [0.717, 1.165) is 25.7 Å². The Labute approximate surface area is 71.7 Å². The highest BCUT2D eigenvalue weighted by molar-refractivity contribution is 5.70. The van der Waals surface area contributed by atoms with Gasteiger partial charge in [-0.15, -0.1) is 0 Å². The summed E-state index contributed by atoms with van der Waals surface area (Å²) < 4.78 is 5.53. The molecule has 0 spiro atoms. The van der Waals surface area contributed by atoms with E-state index < -0.39 is 5.97 Å². The second kappa shape index (κ2) is 2.46. The van der Waals surface area contributed by atoms with Gasteiger partial charge in [-0.3, -0.25) is 4.79 Å². The highest BCUT2D eigenvalue weighted by atomic mass is 16.6. The van der Waals surface area contributed by atoms with Crippen LogP contribution in [0.4, 0.5) is 0 Å². The molecule has 2 aliphatic rings. The molecule has 3 unspecified atom stereocenters. The van der Waals surface area contributed by atoms with E-state index in [4.69, 9.17) is 9.84 Å². The average Bonchev–Trinajstić information content (AvgIpc) is 2.77. The van der Waals surface area contributed by atoms with Gasteiger partial charge in [-0.25, -0.2) is 0 Å². The van der Waals surface area contributed by atoms with Crippen LogP contribution in [-0.4, -0.2) is 22.8 Å². The molecule has 0 amide bonds. The van der Waals surface area contributed by atoms with Crippen molar-refractivity contribution in [2.45, 2.75) is 44.3 Å². The van der Waals surface area contributed by atoms with Crippen LogP contribution < -0.4 is 0 Å². The standard InChI is InChI=1S/C9H14O3/c1-2-9-5-6(8(10)11)3-4-7(9)12-9/h6-7H,2-5H2,1H3,(H,10,11). The van der Waals surface area contributed by atoms with Crippen LogP contribution in [-0.2, 0) is 9.53 Å². The zero-order valence-corrected chi connectivity index (χ0v) is 7.25. The quantitative estimate of drug-likeness (QED) is 0.637. The molecule has 3 atom stereocenters.